The van der Waals surface area contributed by atoms with Crippen LogP contribution >= 0.6 is 0 Å². The molecule has 17 heavy (non-hydrogen) atoms. The van der Waals surface area contributed by atoms with E-state index in [4.69, 9.17) is 10.5 Å². The highest BCUT2D eigenvalue weighted by Gasteiger charge is 2.33. The third-order valence-corrected chi connectivity index (χ3v) is 2.96. The number of rotatable bonds is 3. The van der Waals surface area contributed by atoms with Crippen LogP contribution in [-0.4, -0.2) is 6.10 Å². The van der Waals surface area contributed by atoms with E-state index in [0.29, 0.717) is 5.75 Å². The van der Waals surface area contributed by atoms with Gasteiger partial charge >= 0.3 is 6.18 Å². The van der Waals surface area contributed by atoms with Crippen LogP contribution < -0.4 is 10.5 Å². The van der Waals surface area contributed by atoms with Crippen molar-refractivity contribution < 1.29 is 17.9 Å². The first-order valence-corrected chi connectivity index (χ1v) is 5.57. The van der Waals surface area contributed by atoms with Gasteiger partial charge in [0.15, 0.2) is 0 Å². The zero-order chi connectivity index (χ0) is 12.5. The van der Waals surface area contributed by atoms with Gasteiger partial charge < -0.3 is 10.5 Å². The van der Waals surface area contributed by atoms with Gasteiger partial charge in [-0.2, -0.15) is 13.2 Å². The maximum atomic E-state index is 12.6. The van der Waals surface area contributed by atoms with E-state index in [1.807, 2.05) is 0 Å². The third kappa shape index (κ3) is 2.72. The molecule has 0 amide bonds. The Bertz CT molecular complexity index is 399. The van der Waals surface area contributed by atoms with Crippen LogP contribution in [0.25, 0.3) is 0 Å². The Labute approximate surface area is 97.6 Å². The van der Waals surface area contributed by atoms with Gasteiger partial charge in [-0.05, 0) is 43.0 Å². The van der Waals surface area contributed by atoms with Gasteiger partial charge in [-0.1, -0.05) is 0 Å². The summed E-state index contributed by atoms with van der Waals surface area (Å²) in [5.41, 5.74) is 4.74. The van der Waals surface area contributed by atoms with E-state index in [2.05, 4.69) is 0 Å². The molecule has 0 bridgehead atoms. The lowest BCUT2D eigenvalue weighted by Gasteiger charge is -2.26. The van der Waals surface area contributed by atoms with Crippen molar-refractivity contribution in [2.45, 2.75) is 38.1 Å². The lowest BCUT2D eigenvalue weighted by molar-refractivity contribution is -0.138. The van der Waals surface area contributed by atoms with Gasteiger partial charge in [0.05, 0.1) is 11.7 Å². The molecular formula is C12H14F3NO. The number of benzene rings is 1. The molecule has 0 heterocycles. The third-order valence-electron chi connectivity index (χ3n) is 2.96. The van der Waals surface area contributed by atoms with Crippen LogP contribution in [0.2, 0.25) is 0 Å². The molecule has 1 aromatic rings. The van der Waals surface area contributed by atoms with Crippen molar-refractivity contribution in [3.8, 4) is 5.75 Å². The molecule has 0 unspecified atom stereocenters. The van der Waals surface area contributed by atoms with Crippen LogP contribution in [-0.2, 0) is 12.7 Å². The molecule has 2 rings (SSSR count). The highest BCUT2D eigenvalue weighted by molar-refractivity contribution is 5.37. The fraction of sp³-hybridized carbons (Fsp3) is 0.500. The fourth-order valence-corrected chi connectivity index (χ4v) is 1.77. The number of hydrogen-bond acceptors (Lipinski definition) is 2. The molecule has 0 saturated heterocycles. The number of halogens is 3. The first kappa shape index (κ1) is 12.2. The largest absolute Gasteiger partial charge is 0.490 e. The van der Waals surface area contributed by atoms with Gasteiger partial charge in [-0.15, -0.1) is 0 Å². The molecule has 94 valence electrons. The molecule has 0 spiro atoms. The number of ether oxygens (including phenoxy) is 1. The Hall–Kier alpha value is -1.23. The van der Waals surface area contributed by atoms with Crippen molar-refractivity contribution in [1.82, 2.24) is 0 Å². The van der Waals surface area contributed by atoms with E-state index in [-0.39, 0.29) is 18.2 Å². The first-order chi connectivity index (χ1) is 8.00. The molecule has 0 radical (unpaired) electrons. The maximum absolute atomic E-state index is 12.6. The molecule has 1 aliphatic rings. The van der Waals surface area contributed by atoms with Crippen molar-refractivity contribution >= 4 is 0 Å². The molecule has 5 heteroatoms. The SMILES string of the molecule is NCc1cc(OC2CCC2)ccc1C(F)(F)F. The molecule has 1 saturated carbocycles. The first-order valence-electron chi connectivity index (χ1n) is 5.57. The summed E-state index contributed by atoms with van der Waals surface area (Å²) in [6.07, 6.45) is -1.14. The molecule has 2 nitrogen and oxygen atoms in total. The molecule has 1 aliphatic carbocycles. The predicted molar refractivity (Wildman–Crippen MR) is 57.6 cm³/mol. The summed E-state index contributed by atoms with van der Waals surface area (Å²) >= 11 is 0. The standard InChI is InChI=1S/C12H14F3NO/c13-12(14,15)11-5-4-10(6-8(11)7-16)17-9-2-1-3-9/h4-6,9H,1-3,7,16H2. The smallest absolute Gasteiger partial charge is 0.416 e. The van der Waals surface area contributed by atoms with Crippen LogP contribution in [0.4, 0.5) is 13.2 Å². The van der Waals surface area contributed by atoms with Crippen LogP contribution in [0.1, 0.15) is 30.4 Å². The number of nitrogens with two attached hydrogens (primary N) is 1. The van der Waals surface area contributed by atoms with E-state index in [1.165, 1.54) is 12.1 Å². The summed E-state index contributed by atoms with van der Waals surface area (Å²) in [5.74, 6) is 0.475. The molecular weight excluding hydrogens is 231 g/mol. The minimum absolute atomic E-state index is 0.0781. The second kappa shape index (κ2) is 4.56. The Morgan fingerprint density at radius 2 is 2.00 bits per heavy atom. The van der Waals surface area contributed by atoms with E-state index in [1.54, 1.807) is 0 Å². The molecule has 0 atom stereocenters. The van der Waals surface area contributed by atoms with Gasteiger partial charge in [0.2, 0.25) is 0 Å². The fourth-order valence-electron chi connectivity index (χ4n) is 1.77. The van der Waals surface area contributed by atoms with Gasteiger partial charge in [-0.25, -0.2) is 0 Å². The average Bonchev–Trinajstić information content (AvgIpc) is 2.21. The highest BCUT2D eigenvalue weighted by atomic mass is 19.4. The van der Waals surface area contributed by atoms with Gasteiger partial charge in [0.25, 0.3) is 0 Å². The zero-order valence-corrected chi connectivity index (χ0v) is 9.26. The van der Waals surface area contributed by atoms with Gasteiger partial charge in [0.1, 0.15) is 5.75 Å². The summed E-state index contributed by atoms with van der Waals surface area (Å²) < 4.78 is 43.4. The van der Waals surface area contributed by atoms with Crippen LogP contribution in [0.3, 0.4) is 0 Å². The lowest BCUT2D eigenvalue weighted by atomic mass is 9.96. The second-order valence-electron chi connectivity index (χ2n) is 4.19. The van der Waals surface area contributed by atoms with Crippen molar-refractivity contribution in [2.75, 3.05) is 0 Å². The summed E-state index contributed by atoms with van der Waals surface area (Å²) in [6.45, 7) is -0.142. The van der Waals surface area contributed by atoms with E-state index >= 15 is 0 Å². The van der Waals surface area contributed by atoms with E-state index in [9.17, 15) is 13.2 Å². The minimum Gasteiger partial charge on any atom is -0.490 e. The van der Waals surface area contributed by atoms with Crippen molar-refractivity contribution in [3.05, 3.63) is 29.3 Å². The topological polar surface area (TPSA) is 35.2 Å². The maximum Gasteiger partial charge on any atom is 0.416 e. The lowest BCUT2D eigenvalue weighted by Crippen LogP contribution is -2.24. The summed E-state index contributed by atoms with van der Waals surface area (Å²) in [6, 6.07) is 3.79. The normalized spacial score (nSPS) is 16.7. The quantitative estimate of drug-likeness (QED) is 0.888. The van der Waals surface area contributed by atoms with Crippen molar-refractivity contribution in [2.24, 2.45) is 5.73 Å². The summed E-state index contributed by atoms with van der Waals surface area (Å²) in [4.78, 5) is 0. The van der Waals surface area contributed by atoms with Crippen LogP contribution in [0.5, 0.6) is 5.75 Å². The van der Waals surface area contributed by atoms with E-state index in [0.717, 1.165) is 25.3 Å². The number of hydrogen-bond donors (Lipinski definition) is 1. The Morgan fingerprint density at radius 1 is 1.29 bits per heavy atom. The van der Waals surface area contributed by atoms with Gasteiger partial charge in [-0.3, -0.25) is 0 Å². The van der Waals surface area contributed by atoms with Gasteiger partial charge in [0, 0.05) is 6.54 Å². The Balaban J connectivity index is 2.20. The highest BCUT2D eigenvalue weighted by Crippen LogP contribution is 2.34. The van der Waals surface area contributed by atoms with E-state index < -0.39 is 11.7 Å². The van der Waals surface area contributed by atoms with Crippen molar-refractivity contribution in [3.63, 3.8) is 0 Å². The Kier molecular flexibility index (Phi) is 3.28. The molecule has 1 fully saturated rings. The predicted octanol–water partition coefficient (Wildman–Crippen LogP) is 3.10. The zero-order valence-electron chi connectivity index (χ0n) is 9.26. The number of alkyl halides is 3. The molecule has 0 aliphatic heterocycles. The minimum atomic E-state index is -4.36. The second-order valence-corrected chi connectivity index (χ2v) is 4.19. The van der Waals surface area contributed by atoms with Crippen LogP contribution in [0, 0.1) is 0 Å². The molecule has 0 aromatic heterocycles. The Morgan fingerprint density at radius 3 is 2.47 bits per heavy atom. The van der Waals surface area contributed by atoms with Crippen LogP contribution in [0.15, 0.2) is 18.2 Å². The monoisotopic (exact) mass is 245 g/mol. The van der Waals surface area contributed by atoms with Crippen molar-refractivity contribution in [1.29, 1.82) is 0 Å². The molecule has 1 aromatic carbocycles. The summed E-state index contributed by atoms with van der Waals surface area (Å²) in [5, 5.41) is 0. The summed E-state index contributed by atoms with van der Waals surface area (Å²) in [7, 11) is 0. The molecule has 2 N–H and O–H groups in total. The average molecular weight is 245 g/mol.